The van der Waals surface area contributed by atoms with Crippen LogP contribution in [-0.4, -0.2) is 36.2 Å². The van der Waals surface area contributed by atoms with E-state index in [4.69, 9.17) is 10.5 Å². The number of fused-ring (bicyclic) bond motifs is 1. The molecule has 0 spiro atoms. The van der Waals surface area contributed by atoms with Crippen LogP contribution in [0.25, 0.3) is 22.0 Å². The molecule has 1 aliphatic heterocycles. The Hall–Kier alpha value is -4.10. The summed E-state index contributed by atoms with van der Waals surface area (Å²) in [5, 5.41) is 4.05. The molecule has 1 aliphatic rings. The highest BCUT2D eigenvalue weighted by molar-refractivity contribution is 5.97. The van der Waals surface area contributed by atoms with Crippen molar-refractivity contribution in [2.45, 2.75) is 40.3 Å². The van der Waals surface area contributed by atoms with E-state index in [9.17, 15) is 9.59 Å². The quantitative estimate of drug-likeness (QED) is 0.298. The summed E-state index contributed by atoms with van der Waals surface area (Å²) in [6, 6.07) is 23.4. The predicted molar refractivity (Wildman–Crippen MR) is 151 cm³/mol. The number of H-pyrrole nitrogens is 1. The van der Waals surface area contributed by atoms with Gasteiger partial charge in [0.05, 0.1) is 6.54 Å². The molecule has 0 radical (unpaired) electrons. The molecule has 7 nitrogen and oxygen atoms in total. The Labute approximate surface area is 218 Å². The zero-order valence-corrected chi connectivity index (χ0v) is 22.0. The molecule has 0 aliphatic carbocycles. The SMILES string of the molecule is CC.CC.NC[C@H]1CN(c2ccc(-c3ccc(CNC(=O)c4ccc5cc[nH]c5c4)cc3)cc2)C(=O)O1. The fourth-order valence-corrected chi connectivity index (χ4v) is 3.98. The largest absolute Gasteiger partial charge is 0.443 e. The first kappa shape index (κ1) is 27.5. The fraction of sp³-hybridized carbons (Fsp3) is 0.267. The first-order chi connectivity index (χ1) is 18.1. The topological polar surface area (TPSA) is 100 Å². The second-order valence-electron chi connectivity index (χ2n) is 8.06. The monoisotopic (exact) mass is 500 g/mol. The molecule has 5 rings (SSSR count). The third-order valence-electron chi connectivity index (χ3n) is 5.87. The van der Waals surface area contributed by atoms with E-state index < -0.39 is 0 Å². The third-order valence-corrected chi connectivity index (χ3v) is 5.87. The van der Waals surface area contributed by atoms with E-state index in [-0.39, 0.29) is 18.1 Å². The van der Waals surface area contributed by atoms with Gasteiger partial charge in [0.1, 0.15) is 6.10 Å². The van der Waals surface area contributed by atoms with E-state index in [1.165, 1.54) is 0 Å². The fourth-order valence-electron chi connectivity index (χ4n) is 3.98. The van der Waals surface area contributed by atoms with Crippen molar-refractivity contribution in [3.63, 3.8) is 0 Å². The number of hydrogen-bond acceptors (Lipinski definition) is 4. The van der Waals surface area contributed by atoms with Crippen LogP contribution in [0.15, 0.2) is 79.0 Å². The maximum atomic E-state index is 12.5. The maximum Gasteiger partial charge on any atom is 0.414 e. The molecule has 0 saturated carbocycles. The van der Waals surface area contributed by atoms with Crippen molar-refractivity contribution in [1.82, 2.24) is 10.3 Å². The number of carbonyl (C=O) groups excluding carboxylic acids is 2. The molecule has 37 heavy (non-hydrogen) atoms. The summed E-state index contributed by atoms with van der Waals surface area (Å²) in [5.41, 5.74) is 11.1. The molecule has 4 N–H and O–H groups in total. The Balaban J connectivity index is 0.000000907. The second kappa shape index (κ2) is 13.3. The van der Waals surface area contributed by atoms with Crippen molar-refractivity contribution in [1.29, 1.82) is 0 Å². The van der Waals surface area contributed by atoms with Gasteiger partial charge in [-0.2, -0.15) is 0 Å². The highest BCUT2D eigenvalue weighted by Crippen LogP contribution is 2.26. The zero-order chi connectivity index (χ0) is 26.8. The van der Waals surface area contributed by atoms with Crippen molar-refractivity contribution in [3.05, 3.63) is 90.1 Å². The molecule has 7 heteroatoms. The summed E-state index contributed by atoms with van der Waals surface area (Å²) in [6.07, 6.45) is 1.23. The molecule has 3 aromatic carbocycles. The van der Waals surface area contributed by atoms with Crippen molar-refractivity contribution in [2.24, 2.45) is 5.73 Å². The Morgan fingerprint density at radius 2 is 1.62 bits per heavy atom. The van der Waals surface area contributed by atoms with Gasteiger partial charge in [0, 0.05) is 36.1 Å². The average molecular weight is 501 g/mol. The number of anilines is 1. The molecule has 2 heterocycles. The minimum absolute atomic E-state index is 0.108. The number of hydrogen-bond donors (Lipinski definition) is 3. The second-order valence-corrected chi connectivity index (χ2v) is 8.06. The first-order valence-corrected chi connectivity index (χ1v) is 12.8. The minimum atomic E-state index is -0.364. The van der Waals surface area contributed by atoms with E-state index in [0.717, 1.165) is 33.3 Å². The maximum absolute atomic E-state index is 12.5. The van der Waals surface area contributed by atoms with Crippen LogP contribution in [-0.2, 0) is 11.3 Å². The number of aromatic nitrogens is 1. The first-order valence-electron chi connectivity index (χ1n) is 12.8. The Kier molecular flexibility index (Phi) is 9.86. The average Bonchev–Trinajstić information content (AvgIpc) is 3.60. The summed E-state index contributed by atoms with van der Waals surface area (Å²) < 4.78 is 5.22. The number of benzene rings is 3. The minimum Gasteiger partial charge on any atom is -0.443 e. The van der Waals surface area contributed by atoms with E-state index >= 15 is 0 Å². The predicted octanol–water partition coefficient (Wildman–Crippen LogP) is 6.10. The summed E-state index contributed by atoms with van der Waals surface area (Å²) in [6.45, 7) is 9.23. The molecule has 0 bridgehead atoms. The van der Waals surface area contributed by atoms with Gasteiger partial charge in [-0.3, -0.25) is 9.69 Å². The molecule has 1 aromatic heterocycles. The van der Waals surface area contributed by atoms with Crippen molar-refractivity contribution in [2.75, 3.05) is 18.0 Å². The number of carbonyl (C=O) groups is 2. The van der Waals surface area contributed by atoms with Crippen molar-refractivity contribution >= 4 is 28.6 Å². The van der Waals surface area contributed by atoms with Crippen LogP contribution in [0, 0.1) is 0 Å². The third kappa shape index (κ3) is 6.57. The number of aromatic amines is 1. The molecule has 2 amide bonds. The van der Waals surface area contributed by atoms with E-state index in [0.29, 0.717) is 25.2 Å². The van der Waals surface area contributed by atoms with E-state index in [2.05, 4.69) is 10.3 Å². The van der Waals surface area contributed by atoms with E-state index in [1.54, 1.807) is 4.90 Å². The molecule has 1 saturated heterocycles. The summed E-state index contributed by atoms with van der Waals surface area (Å²) in [4.78, 5) is 29.2. The number of nitrogens with one attached hydrogen (secondary N) is 2. The number of cyclic esters (lactones) is 1. The smallest absolute Gasteiger partial charge is 0.414 e. The molecule has 1 atom stereocenters. The highest BCUT2D eigenvalue weighted by Gasteiger charge is 2.31. The van der Waals surface area contributed by atoms with Crippen LogP contribution in [0.4, 0.5) is 10.5 Å². The van der Waals surface area contributed by atoms with Crippen LogP contribution in [0.1, 0.15) is 43.6 Å². The van der Waals surface area contributed by atoms with Gasteiger partial charge in [-0.1, -0.05) is 70.2 Å². The lowest BCUT2D eigenvalue weighted by Crippen LogP contribution is -2.27. The number of rotatable bonds is 6. The molecule has 194 valence electrons. The van der Waals surface area contributed by atoms with Gasteiger partial charge >= 0.3 is 6.09 Å². The zero-order valence-electron chi connectivity index (χ0n) is 22.0. The number of nitrogens with zero attached hydrogens (tertiary/aromatic N) is 1. The lowest BCUT2D eigenvalue weighted by atomic mass is 10.0. The lowest BCUT2D eigenvalue weighted by Gasteiger charge is -2.13. The van der Waals surface area contributed by atoms with Gasteiger partial charge in [-0.05, 0) is 52.4 Å². The van der Waals surface area contributed by atoms with E-state index in [1.807, 2.05) is 107 Å². The van der Waals surface area contributed by atoms with Crippen molar-refractivity contribution < 1.29 is 14.3 Å². The lowest BCUT2D eigenvalue weighted by molar-refractivity contribution is 0.0951. The van der Waals surface area contributed by atoms with Gasteiger partial charge < -0.3 is 20.8 Å². The summed E-state index contributed by atoms with van der Waals surface area (Å²) in [5.74, 6) is -0.108. The van der Waals surface area contributed by atoms with Gasteiger partial charge in [-0.25, -0.2) is 4.79 Å². The number of amides is 2. The van der Waals surface area contributed by atoms with Gasteiger partial charge in [0.2, 0.25) is 0 Å². The molecular weight excluding hydrogens is 464 g/mol. The van der Waals surface area contributed by atoms with Gasteiger partial charge in [-0.15, -0.1) is 0 Å². The normalized spacial score (nSPS) is 14.2. The van der Waals surface area contributed by atoms with Crippen LogP contribution in [0.5, 0.6) is 0 Å². The van der Waals surface area contributed by atoms with Gasteiger partial charge in [0.25, 0.3) is 5.91 Å². The van der Waals surface area contributed by atoms with Gasteiger partial charge in [0.15, 0.2) is 0 Å². The Bertz CT molecular complexity index is 1300. The summed E-state index contributed by atoms with van der Waals surface area (Å²) in [7, 11) is 0. The standard InChI is InChI=1S/C26H24N4O3.2C2H6/c27-14-23-16-30(26(32)33-23)22-9-7-19(8-10-22)18-3-1-17(2-4-18)15-29-25(31)21-6-5-20-11-12-28-24(20)13-21;2*1-2/h1-13,23,28H,14-16,27H2,(H,29,31);2*1-2H3/t23-;;/m0../s1. The van der Waals surface area contributed by atoms with Crippen molar-refractivity contribution in [3.8, 4) is 11.1 Å². The number of nitrogens with two attached hydrogens (primary N) is 1. The highest BCUT2D eigenvalue weighted by atomic mass is 16.6. The molecule has 0 unspecified atom stereocenters. The summed E-state index contributed by atoms with van der Waals surface area (Å²) >= 11 is 0. The molecule has 1 fully saturated rings. The van der Waals surface area contributed by atoms with Crippen LogP contribution in [0.3, 0.4) is 0 Å². The molecule has 4 aromatic rings. The molecular formula is C30H36N4O3. The van der Waals surface area contributed by atoms with Crippen LogP contribution >= 0.6 is 0 Å². The van der Waals surface area contributed by atoms with Crippen LogP contribution < -0.4 is 16.0 Å². The Morgan fingerprint density at radius 3 is 2.24 bits per heavy atom. The number of ether oxygens (including phenoxy) is 1. The van der Waals surface area contributed by atoms with Crippen LogP contribution in [0.2, 0.25) is 0 Å². The Morgan fingerprint density at radius 1 is 0.973 bits per heavy atom.